The molecule has 2 aromatic rings. The Kier molecular flexibility index (Phi) is 9.85. The number of unbranched alkanes of at least 4 members (excludes halogenated alkanes) is 2. The zero-order valence-electron chi connectivity index (χ0n) is 22.4. The third-order valence-electron chi connectivity index (χ3n) is 7.61. The first-order chi connectivity index (χ1) is 17.3. The number of carbonyl (C=O) groups excluding carboxylic acids is 2. The van der Waals surface area contributed by atoms with Crippen LogP contribution in [0.1, 0.15) is 66.5 Å². The number of morpholine rings is 1. The van der Waals surface area contributed by atoms with Crippen molar-refractivity contribution in [2.75, 3.05) is 43.1 Å². The summed E-state index contributed by atoms with van der Waals surface area (Å²) in [5, 5.41) is 13.4. The van der Waals surface area contributed by atoms with Crippen LogP contribution in [0.5, 0.6) is 5.75 Å². The van der Waals surface area contributed by atoms with Gasteiger partial charge in [-0.1, -0.05) is 25.8 Å². The number of ether oxygens (including phenoxy) is 1. The van der Waals surface area contributed by atoms with E-state index in [0.29, 0.717) is 37.4 Å². The highest BCUT2D eigenvalue weighted by Crippen LogP contribution is 2.36. The van der Waals surface area contributed by atoms with Crippen molar-refractivity contribution in [1.29, 1.82) is 0 Å². The fraction of sp³-hybridized carbons (Fsp3) is 0.517. The predicted octanol–water partition coefficient (Wildman–Crippen LogP) is 5.22. The number of carbonyl (C=O) groups is 2. The second kappa shape index (κ2) is 12.7. The van der Waals surface area contributed by atoms with Crippen LogP contribution in [0.4, 0.5) is 11.4 Å². The molecule has 0 aliphatic carbocycles. The maximum Gasteiger partial charge on any atom is 0.251 e. The van der Waals surface area contributed by atoms with Crippen LogP contribution in [0.3, 0.4) is 0 Å². The van der Waals surface area contributed by atoms with E-state index in [0.717, 1.165) is 66.7 Å². The summed E-state index contributed by atoms with van der Waals surface area (Å²) in [4.78, 5) is 31.3. The molecule has 0 saturated carbocycles. The van der Waals surface area contributed by atoms with Crippen LogP contribution in [0.2, 0.25) is 0 Å². The summed E-state index contributed by atoms with van der Waals surface area (Å²) in [7, 11) is 0. The van der Waals surface area contributed by atoms with Gasteiger partial charge in [-0.05, 0) is 79.6 Å². The van der Waals surface area contributed by atoms with Crippen LogP contribution in [0.25, 0.3) is 0 Å². The van der Waals surface area contributed by atoms with E-state index in [9.17, 15) is 14.7 Å². The standard InChI is InChI=1S/C29H39N3O4.ClH/c1-5-6-7-8-26(33)32-12-11-22-9-10-23(31-13-15-36-16-14-31)18-24(22)27(32)29(35)30-25-17-19(2)28(34)21(4)20(25)3;/h9-10,17-18,27,34H,5-8,11-16H2,1-4H3,(H,30,35);1H. The van der Waals surface area contributed by atoms with E-state index >= 15 is 0 Å². The molecule has 0 radical (unpaired) electrons. The number of aryl methyl sites for hydroxylation is 1. The Morgan fingerprint density at radius 3 is 2.49 bits per heavy atom. The van der Waals surface area contributed by atoms with E-state index < -0.39 is 6.04 Å². The predicted molar refractivity (Wildman–Crippen MR) is 150 cm³/mol. The normalized spacial score (nSPS) is 17.1. The van der Waals surface area contributed by atoms with E-state index in [-0.39, 0.29) is 30.0 Å². The Bertz CT molecular complexity index is 1130. The summed E-state index contributed by atoms with van der Waals surface area (Å²) in [6.07, 6.45) is 4.06. The Morgan fingerprint density at radius 2 is 1.78 bits per heavy atom. The largest absolute Gasteiger partial charge is 0.507 e. The molecule has 37 heavy (non-hydrogen) atoms. The summed E-state index contributed by atoms with van der Waals surface area (Å²) >= 11 is 0. The number of halogens is 1. The zero-order chi connectivity index (χ0) is 25.8. The molecular formula is C29H40ClN3O4. The van der Waals surface area contributed by atoms with Crippen molar-refractivity contribution in [2.24, 2.45) is 0 Å². The summed E-state index contributed by atoms with van der Waals surface area (Å²) in [5.74, 6) is 0.0590. The van der Waals surface area contributed by atoms with Gasteiger partial charge < -0.3 is 25.0 Å². The van der Waals surface area contributed by atoms with Crippen molar-refractivity contribution in [3.8, 4) is 5.75 Å². The zero-order valence-corrected chi connectivity index (χ0v) is 23.2. The van der Waals surface area contributed by atoms with Gasteiger partial charge in [0.15, 0.2) is 0 Å². The highest BCUT2D eigenvalue weighted by Gasteiger charge is 2.36. The molecular weight excluding hydrogens is 490 g/mol. The number of aromatic hydroxyl groups is 1. The van der Waals surface area contributed by atoms with Crippen LogP contribution >= 0.6 is 12.4 Å². The lowest BCUT2D eigenvalue weighted by atomic mass is 9.90. The van der Waals surface area contributed by atoms with Crippen molar-refractivity contribution in [2.45, 2.75) is 65.8 Å². The molecule has 2 aliphatic heterocycles. The van der Waals surface area contributed by atoms with Gasteiger partial charge in [0.2, 0.25) is 5.91 Å². The van der Waals surface area contributed by atoms with Crippen LogP contribution in [0, 0.1) is 20.8 Å². The molecule has 2 heterocycles. The molecule has 7 nitrogen and oxygen atoms in total. The molecule has 4 rings (SSSR count). The number of hydrogen-bond donors (Lipinski definition) is 2. The van der Waals surface area contributed by atoms with Crippen molar-refractivity contribution >= 4 is 35.6 Å². The monoisotopic (exact) mass is 529 g/mol. The van der Waals surface area contributed by atoms with Crippen molar-refractivity contribution in [1.82, 2.24) is 4.90 Å². The number of fused-ring (bicyclic) bond motifs is 1. The minimum absolute atomic E-state index is 0. The lowest BCUT2D eigenvalue weighted by Crippen LogP contribution is -2.45. The smallest absolute Gasteiger partial charge is 0.251 e. The van der Waals surface area contributed by atoms with E-state index in [1.54, 1.807) is 11.0 Å². The quantitative estimate of drug-likeness (QED) is 0.379. The first-order valence-corrected chi connectivity index (χ1v) is 13.2. The highest BCUT2D eigenvalue weighted by molar-refractivity contribution is 5.99. The molecule has 1 unspecified atom stereocenters. The summed E-state index contributed by atoms with van der Waals surface area (Å²) in [5.41, 5.74) is 6.02. The molecule has 0 aromatic heterocycles. The summed E-state index contributed by atoms with van der Waals surface area (Å²) < 4.78 is 5.52. The number of anilines is 2. The molecule has 2 amide bonds. The third kappa shape index (κ3) is 6.21. The first-order valence-electron chi connectivity index (χ1n) is 13.2. The van der Waals surface area contributed by atoms with Crippen LogP contribution in [-0.4, -0.2) is 54.7 Å². The number of phenols is 1. The van der Waals surface area contributed by atoms with E-state index in [1.807, 2.05) is 20.8 Å². The maximum absolute atomic E-state index is 13.9. The topological polar surface area (TPSA) is 82.1 Å². The lowest BCUT2D eigenvalue weighted by Gasteiger charge is -2.38. The number of benzene rings is 2. The molecule has 1 saturated heterocycles. The van der Waals surface area contributed by atoms with Gasteiger partial charge in [-0.3, -0.25) is 9.59 Å². The second-order valence-electron chi connectivity index (χ2n) is 10.0. The number of nitrogens with zero attached hydrogens (tertiary/aromatic N) is 2. The molecule has 1 fully saturated rings. The lowest BCUT2D eigenvalue weighted by molar-refractivity contribution is -0.139. The molecule has 8 heteroatoms. The second-order valence-corrected chi connectivity index (χ2v) is 10.0. The number of hydrogen-bond acceptors (Lipinski definition) is 5. The van der Waals surface area contributed by atoms with Gasteiger partial charge in [-0.2, -0.15) is 0 Å². The molecule has 1 atom stereocenters. The minimum Gasteiger partial charge on any atom is -0.507 e. The highest BCUT2D eigenvalue weighted by atomic mass is 35.5. The molecule has 0 bridgehead atoms. The van der Waals surface area contributed by atoms with Gasteiger partial charge in [0.25, 0.3) is 5.91 Å². The van der Waals surface area contributed by atoms with Crippen LogP contribution in [0.15, 0.2) is 24.3 Å². The van der Waals surface area contributed by atoms with Gasteiger partial charge >= 0.3 is 0 Å². The van der Waals surface area contributed by atoms with Crippen LogP contribution < -0.4 is 10.2 Å². The number of rotatable bonds is 7. The Morgan fingerprint density at radius 1 is 1.05 bits per heavy atom. The van der Waals surface area contributed by atoms with Crippen molar-refractivity contribution in [3.05, 3.63) is 52.1 Å². The molecule has 202 valence electrons. The Balaban J connectivity index is 0.00000380. The molecule has 2 aliphatic rings. The number of nitrogens with one attached hydrogen (secondary N) is 1. The van der Waals surface area contributed by atoms with Gasteiger partial charge in [0.05, 0.1) is 13.2 Å². The first kappa shape index (κ1) is 28.8. The summed E-state index contributed by atoms with van der Waals surface area (Å²) in [6.45, 7) is 11.2. The molecule has 2 N–H and O–H groups in total. The van der Waals surface area contributed by atoms with E-state index in [2.05, 4.69) is 35.3 Å². The SMILES string of the molecule is CCCCCC(=O)N1CCc2ccc(N3CCOCC3)cc2C1C(=O)Nc1cc(C)c(O)c(C)c1C.Cl. The number of amides is 2. The van der Waals surface area contributed by atoms with E-state index in [4.69, 9.17) is 4.74 Å². The molecule has 2 aromatic carbocycles. The summed E-state index contributed by atoms with van der Waals surface area (Å²) in [6, 6.07) is 7.43. The third-order valence-corrected chi connectivity index (χ3v) is 7.61. The van der Waals surface area contributed by atoms with E-state index in [1.165, 1.54) is 0 Å². The molecule has 0 spiro atoms. The number of phenolic OH excluding ortho intramolecular Hbond substituents is 1. The van der Waals surface area contributed by atoms with Gasteiger partial charge in [0, 0.05) is 37.4 Å². The Hall–Kier alpha value is -2.77. The fourth-order valence-electron chi connectivity index (χ4n) is 5.24. The van der Waals surface area contributed by atoms with Gasteiger partial charge in [0.1, 0.15) is 11.8 Å². The van der Waals surface area contributed by atoms with Crippen molar-refractivity contribution < 1.29 is 19.4 Å². The maximum atomic E-state index is 13.9. The minimum atomic E-state index is -0.697. The van der Waals surface area contributed by atoms with Crippen LogP contribution in [-0.2, 0) is 20.7 Å². The van der Waals surface area contributed by atoms with Gasteiger partial charge in [-0.15, -0.1) is 12.4 Å². The van der Waals surface area contributed by atoms with Crippen molar-refractivity contribution in [3.63, 3.8) is 0 Å². The fourth-order valence-corrected chi connectivity index (χ4v) is 5.24. The Labute approximate surface area is 226 Å². The average molecular weight is 530 g/mol. The average Bonchev–Trinajstić information content (AvgIpc) is 2.90. The van der Waals surface area contributed by atoms with Gasteiger partial charge in [-0.25, -0.2) is 0 Å².